The third-order valence-electron chi connectivity index (χ3n) is 3.15. The summed E-state index contributed by atoms with van der Waals surface area (Å²) in [5.41, 5.74) is 2.17. The molecular weight excluding hydrogens is 296 g/mol. The van der Waals surface area contributed by atoms with Gasteiger partial charge in [-0.1, -0.05) is 15.9 Å². The Bertz CT molecular complexity index is 451. The minimum atomic E-state index is 0.164. The van der Waals surface area contributed by atoms with Crippen LogP contribution in [0.25, 0.3) is 0 Å². The SMILES string of the molecule is COCc1cc(N2CCN(C)C(=O)C2)ccc1Br. The molecule has 2 rings (SSSR count). The van der Waals surface area contributed by atoms with Crippen molar-refractivity contribution < 1.29 is 9.53 Å². The van der Waals surface area contributed by atoms with Crippen LogP contribution >= 0.6 is 15.9 Å². The molecule has 18 heavy (non-hydrogen) atoms. The molecular formula is C13H17BrN2O2. The first-order chi connectivity index (χ1) is 8.61. The van der Waals surface area contributed by atoms with E-state index < -0.39 is 0 Å². The van der Waals surface area contributed by atoms with Gasteiger partial charge in [0.1, 0.15) is 0 Å². The fourth-order valence-electron chi connectivity index (χ4n) is 2.00. The van der Waals surface area contributed by atoms with Gasteiger partial charge in [-0.15, -0.1) is 0 Å². The normalized spacial score (nSPS) is 16.3. The molecule has 0 aliphatic carbocycles. The van der Waals surface area contributed by atoms with Gasteiger partial charge in [0.15, 0.2) is 0 Å². The highest BCUT2D eigenvalue weighted by Crippen LogP contribution is 2.25. The summed E-state index contributed by atoms with van der Waals surface area (Å²) in [7, 11) is 3.52. The van der Waals surface area contributed by atoms with Gasteiger partial charge in [0.2, 0.25) is 5.91 Å². The molecule has 0 N–H and O–H groups in total. The number of halogens is 1. The summed E-state index contributed by atoms with van der Waals surface area (Å²) in [6.07, 6.45) is 0. The quantitative estimate of drug-likeness (QED) is 0.854. The predicted molar refractivity (Wildman–Crippen MR) is 74.7 cm³/mol. The van der Waals surface area contributed by atoms with Crippen LogP contribution in [0.1, 0.15) is 5.56 Å². The van der Waals surface area contributed by atoms with Crippen molar-refractivity contribution in [2.24, 2.45) is 0 Å². The van der Waals surface area contributed by atoms with E-state index in [4.69, 9.17) is 4.74 Å². The number of likely N-dealkylation sites (N-methyl/N-ethyl adjacent to an activating group) is 1. The lowest BCUT2D eigenvalue weighted by atomic mass is 10.2. The highest BCUT2D eigenvalue weighted by atomic mass is 79.9. The smallest absolute Gasteiger partial charge is 0.241 e. The van der Waals surface area contributed by atoms with E-state index in [9.17, 15) is 4.79 Å². The lowest BCUT2D eigenvalue weighted by Gasteiger charge is -2.33. The summed E-state index contributed by atoms with van der Waals surface area (Å²) in [5.74, 6) is 0.164. The van der Waals surface area contributed by atoms with E-state index in [0.717, 1.165) is 28.8 Å². The zero-order valence-corrected chi connectivity index (χ0v) is 12.2. The number of benzene rings is 1. The third-order valence-corrected chi connectivity index (χ3v) is 3.93. The Morgan fingerprint density at radius 3 is 2.83 bits per heavy atom. The van der Waals surface area contributed by atoms with Crippen LogP contribution in [0, 0.1) is 0 Å². The van der Waals surface area contributed by atoms with E-state index >= 15 is 0 Å². The predicted octanol–water partition coefficient (Wildman–Crippen LogP) is 1.87. The zero-order chi connectivity index (χ0) is 13.1. The molecule has 4 nitrogen and oxygen atoms in total. The summed E-state index contributed by atoms with van der Waals surface area (Å²) < 4.78 is 6.20. The van der Waals surface area contributed by atoms with Gasteiger partial charge in [-0.2, -0.15) is 0 Å². The molecule has 0 saturated carbocycles. The number of hydrogen-bond donors (Lipinski definition) is 0. The molecule has 1 aromatic rings. The highest BCUT2D eigenvalue weighted by Gasteiger charge is 2.21. The molecule has 0 spiro atoms. The van der Waals surface area contributed by atoms with Crippen LogP contribution in [0.5, 0.6) is 0 Å². The van der Waals surface area contributed by atoms with Gasteiger partial charge in [-0.25, -0.2) is 0 Å². The molecule has 98 valence electrons. The lowest BCUT2D eigenvalue weighted by molar-refractivity contribution is -0.129. The number of carbonyl (C=O) groups excluding carboxylic acids is 1. The number of ether oxygens (including phenoxy) is 1. The lowest BCUT2D eigenvalue weighted by Crippen LogP contribution is -2.48. The average molecular weight is 313 g/mol. The Kier molecular flexibility index (Phi) is 4.24. The molecule has 1 fully saturated rings. The maximum Gasteiger partial charge on any atom is 0.241 e. The summed E-state index contributed by atoms with van der Waals surface area (Å²) in [6.45, 7) is 2.66. The van der Waals surface area contributed by atoms with Crippen molar-refractivity contribution >= 4 is 27.5 Å². The molecule has 0 aromatic heterocycles. The number of hydrogen-bond acceptors (Lipinski definition) is 3. The van der Waals surface area contributed by atoms with Gasteiger partial charge in [-0.3, -0.25) is 4.79 Å². The van der Waals surface area contributed by atoms with Crippen molar-refractivity contribution in [3.05, 3.63) is 28.2 Å². The van der Waals surface area contributed by atoms with E-state index in [1.54, 1.807) is 12.0 Å². The fraction of sp³-hybridized carbons (Fsp3) is 0.462. The molecule has 1 aliphatic rings. The van der Waals surface area contributed by atoms with E-state index in [1.807, 2.05) is 19.2 Å². The van der Waals surface area contributed by atoms with Gasteiger partial charge >= 0.3 is 0 Å². The zero-order valence-electron chi connectivity index (χ0n) is 10.6. The average Bonchev–Trinajstić information content (AvgIpc) is 2.36. The van der Waals surface area contributed by atoms with Crippen molar-refractivity contribution in [1.82, 2.24) is 4.90 Å². The van der Waals surface area contributed by atoms with Crippen LogP contribution in [-0.2, 0) is 16.1 Å². The highest BCUT2D eigenvalue weighted by molar-refractivity contribution is 9.10. The Labute approximate surface area is 116 Å². The molecule has 0 bridgehead atoms. The molecule has 0 atom stereocenters. The van der Waals surface area contributed by atoms with Crippen molar-refractivity contribution in [2.45, 2.75) is 6.61 Å². The maximum atomic E-state index is 11.7. The number of amides is 1. The first-order valence-corrected chi connectivity index (χ1v) is 6.67. The third kappa shape index (κ3) is 2.84. The summed E-state index contributed by atoms with van der Waals surface area (Å²) in [4.78, 5) is 15.6. The van der Waals surface area contributed by atoms with Crippen molar-refractivity contribution in [2.75, 3.05) is 38.7 Å². The fourth-order valence-corrected chi connectivity index (χ4v) is 2.36. The molecule has 1 aromatic carbocycles. The van der Waals surface area contributed by atoms with Gasteiger partial charge < -0.3 is 14.5 Å². The number of carbonyl (C=O) groups is 1. The molecule has 1 amide bonds. The second-order valence-electron chi connectivity index (χ2n) is 4.45. The van der Waals surface area contributed by atoms with Crippen molar-refractivity contribution in [3.63, 3.8) is 0 Å². The minimum absolute atomic E-state index is 0.164. The molecule has 5 heteroatoms. The largest absolute Gasteiger partial charge is 0.380 e. The first kappa shape index (κ1) is 13.4. The maximum absolute atomic E-state index is 11.7. The van der Waals surface area contributed by atoms with E-state index in [2.05, 4.69) is 26.9 Å². The van der Waals surface area contributed by atoms with Crippen LogP contribution in [0.3, 0.4) is 0 Å². The Morgan fingerprint density at radius 2 is 2.17 bits per heavy atom. The first-order valence-electron chi connectivity index (χ1n) is 5.88. The van der Waals surface area contributed by atoms with Crippen LogP contribution in [-0.4, -0.2) is 44.6 Å². The number of nitrogens with zero attached hydrogens (tertiary/aromatic N) is 2. The van der Waals surface area contributed by atoms with Crippen LogP contribution in [0.15, 0.2) is 22.7 Å². The van der Waals surface area contributed by atoms with Crippen LogP contribution in [0.4, 0.5) is 5.69 Å². The molecule has 1 aliphatic heterocycles. The van der Waals surface area contributed by atoms with E-state index in [1.165, 1.54) is 0 Å². The van der Waals surface area contributed by atoms with Crippen molar-refractivity contribution in [3.8, 4) is 0 Å². The Morgan fingerprint density at radius 1 is 1.39 bits per heavy atom. The monoisotopic (exact) mass is 312 g/mol. The second kappa shape index (κ2) is 5.71. The van der Waals surface area contributed by atoms with Crippen molar-refractivity contribution in [1.29, 1.82) is 0 Å². The topological polar surface area (TPSA) is 32.8 Å². The van der Waals surface area contributed by atoms with Gasteiger partial charge in [0.05, 0.1) is 13.2 Å². The minimum Gasteiger partial charge on any atom is -0.380 e. The summed E-state index contributed by atoms with van der Waals surface area (Å²) >= 11 is 3.50. The summed E-state index contributed by atoms with van der Waals surface area (Å²) in [5, 5.41) is 0. The molecule has 1 saturated heterocycles. The Hall–Kier alpha value is -1.07. The van der Waals surface area contributed by atoms with E-state index in [0.29, 0.717) is 13.2 Å². The number of piperazine rings is 1. The number of rotatable bonds is 3. The molecule has 0 unspecified atom stereocenters. The van der Waals surface area contributed by atoms with Crippen LogP contribution in [0.2, 0.25) is 0 Å². The van der Waals surface area contributed by atoms with Gasteiger partial charge in [0.25, 0.3) is 0 Å². The van der Waals surface area contributed by atoms with Gasteiger partial charge in [-0.05, 0) is 23.8 Å². The standard InChI is InChI=1S/C13H17BrN2O2/c1-15-5-6-16(8-13(15)17)11-3-4-12(14)10(7-11)9-18-2/h3-4,7H,5-6,8-9H2,1-2H3. The van der Waals surface area contributed by atoms with Gasteiger partial charge in [0, 0.05) is 37.4 Å². The number of anilines is 1. The molecule has 1 heterocycles. The summed E-state index contributed by atoms with van der Waals surface area (Å²) in [6, 6.07) is 6.11. The van der Waals surface area contributed by atoms with E-state index in [-0.39, 0.29) is 5.91 Å². The number of methoxy groups -OCH3 is 1. The Balaban J connectivity index is 2.18. The van der Waals surface area contributed by atoms with Crippen LogP contribution < -0.4 is 4.90 Å². The molecule has 0 radical (unpaired) electrons. The second-order valence-corrected chi connectivity index (χ2v) is 5.30.